The predicted molar refractivity (Wildman–Crippen MR) is 81.2 cm³/mol. The van der Waals surface area contributed by atoms with E-state index in [9.17, 15) is 13.6 Å². The lowest BCUT2D eigenvalue weighted by Crippen LogP contribution is -2.31. The van der Waals surface area contributed by atoms with Gasteiger partial charge in [0, 0.05) is 5.92 Å². The van der Waals surface area contributed by atoms with Crippen molar-refractivity contribution < 1.29 is 13.6 Å². The molecule has 0 saturated heterocycles. The van der Waals surface area contributed by atoms with Crippen molar-refractivity contribution in [3.63, 3.8) is 0 Å². The van der Waals surface area contributed by atoms with Gasteiger partial charge in [0.25, 0.3) is 0 Å². The third kappa shape index (κ3) is 3.05. The van der Waals surface area contributed by atoms with Crippen LogP contribution in [0, 0.1) is 29.4 Å². The van der Waals surface area contributed by atoms with Crippen LogP contribution >= 0.6 is 15.9 Å². The molecule has 2 aliphatic carbocycles. The summed E-state index contributed by atoms with van der Waals surface area (Å²) in [5.74, 6) is -0.216. The van der Waals surface area contributed by atoms with Gasteiger partial charge in [0.2, 0.25) is 0 Å². The van der Waals surface area contributed by atoms with Crippen molar-refractivity contribution in [2.75, 3.05) is 0 Å². The molecule has 0 aliphatic heterocycles. The number of hydrogen-bond donors (Lipinski definition) is 0. The highest BCUT2D eigenvalue weighted by Crippen LogP contribution is 2.43. The van der Waals surface area contributed by atoms with Crippen LogP contribution in [0.4, 0.5) is 8.78 Å². The van der Waals surface area contributed by atoms with E-state index < -0.39 is 11.6 Å². The van der Waals surface area contributed by atoms with Crippen LogP contribution in [0.25, 0.3) is 0 Å². The SMILES string of the molecule is O=C(c1cc(F)c(Br)cc1F)C1CCC2CCCCC2C1. The van der Waals surface area contributed by atoms with Crippen molar-refractivity contribution in [3.8, 4) is 0 Å². The third-order valence-corrected chi connectivity index (χ3v) is 5.79. The summed E-state index contributed by atoms with van der Waals surface area (Å²) in [6.07, 6.45) is 7.72. The summed E-state index contributed by atoms with van der Waals surface area (Å²) in [6.45, 7) is 0. The maximum atomic E-state index is 14.0. The fourth-order valence-electron chi connectivity index (χ4n) is 4.04. The van der Waals surface area contributed by atoms with Gasteiger partial charge in [-0.25, -0.2) is 8.78 Å². The number of rotatable bonds is 2. The van der Waals surface area contributed by atoms with Gasteiger partial charge in [-0.05, 0) is 59.2 Å². The highest BCUT2D eigenvalue weighted by Gasteiger charge is 2.36. The number of fused-ring (bicyclic) bond motifs is 1. The van der Waals surface area contributed by atoms with Crippen molar-refractivity contribution in [1.29, 1.82) is 0 Å². The van der Waals surface area contributed by atoms with E-state index in [2.05, 4.69) is 15.9 Å². The molecule has 0 aromatic heterocycles. The standard InChI is InChI=1S/C17H19BrF2O/c18-14-9-15(19)13(8-16(14)20)17(21)12-6-5-10-3-1-2-4-11(10)7-12/h8-12H,1-7H2. The largest absolute Gasteiger partial charge is 0.294 e. The number of ketones is 1. The van der Waals surface area contributed by atoms with Crippen molar-refractivity contribution in [2.45, 2.75) is 44.9 Å². The molecule has 0 amide bonds. The lowest BCUT2D eigenvalue weighted by Gasteiger charge is -2.38. The fraction of sp³-hybridized carbons (Fsp3) is 0.588. The first kappa shape index (κ1) is 15.1. The third-order valence-electron chi connectivity index (χ3n) is 5.19. The van der Waals surface area contributed by atoms with E-state index in [1.54, 1.807) is 0 Å². The number of halogens is 3. The Labute approximate surface area is 132 Å². The van der Waals surface area contributed by atoms with Crippen molar-refractivity contribution in [2.24, 2.45) is 17.8 Å². The van der Waals surface area contributed by atoms with E-state index in [4.69, 9.17) is 0 Å². The average Bonchev–Trinajstić information content (AvgIpc) is 2.50. The van der Waals surface area contributed by atoms with Crippen LogP contribution in [-0.4, -0.2) is 5.78 Å². The zero-order valence-corrected chi connectivity index (χ0v) is 13.5. The van der Waals surface area contributed by atoms with Crippen LogP contribution in [-0.2, 0) is 0 Å². The van der Waals surface area contributed by atoms with Crippen LogP contribution < -0.4 is 0 Å². The normalized spacial score (nSPS) is 29.0. The molecule has 2 fully saturated rings. The molecule has 0 N–H and O–H groups in total. The highest BCUT2D eigenvalue weighted by molar-refractivity contribution is 9.10. The molecule has 0 spiro atoms. The van der Waals surface area contributed by atoms with Gasteiger partial charge in [-0.15, -0.1) is 0 Å². The second-order valence-electron chi connectivity index (χ2n) is 6.43. The topological polar surface area (TPSA) is 17.1 Å². The molecule has 2 saturated carbocycles. The number of hydrogen-bond acceptors (Lipinski definition) is 1. The summed E-state index contributed by atoms with van der Waals surface area (Å²) in [6, 6.07) is 2.09. The molecule has 1 aromatic carbocycles. The van der Waals surface area contributed by atoms with E-state index in [1.807, 2.05) is 0 Å². The molecule has 0 heterocycles. The van der Waals surface area contributed by atoms with Crippen LogP contribution in [0.3, 0.4) is 0 Å². The van der Waals surface area contributed by atoms with Gasteiger partial charge < -0.3 is 0 Å². The second kappa shape index (κ2) is 6.15. The van der Waals surface area contributed by atoms with Crippen LogP contribution in [0.2, 0.25) is 0 Å². The maximum Gasteiger partial charge on any atom is 0.168 e. The Morgan fingerprint density at radius 1 is 1.00 bits per heavy atom. The Kier molecular flexibility index (Phi) is 4.43. The van der Waals surface area contributed by atoms with Crippen LogP contribution in [0.1, 0.15) is 55.3 Å². The quantitative estimate of drug-likeness (QED) is 0.503. The smallest absolute Gasteiger partial charge is 0.168 e. The zero-order chi connectivity index (χ0) is 15.0. The summed E-state index contributed by atoms with van der Waals surface area (Å²) in [5, 5.41) is 0. The molecule has 3 unspecified atom stereocenters. The van der Waals surface area contributed by atoms with Gasteiger partial charge >= 0.3 is 0 Å². The zero-order valence-electron chi connectivity index (χ0n) is 11.9. The van der Waals surface area contributed by atoms with Crippen molar-refractivity contribution >= 4 is 21.7 Å². The van der Waals surface area contributed by atoms with Crippen molar-refractivity contribution in [1.82, 2.24) is 0 Å². The van der Waals surface area contributed by atoms with E-state index >= 15 is 0 Å². The molecule has 114 valence electrons. The minimum atomic E-state index is -0.626. The molecule has 2 aliphatic rings. The van der Waals surface area contributed by atoms with E-state index in [0.29, 0.717) is 5.92 Å². The Bertz CT molecular complexity index is 558. The van der Waals surface area contributed by atoms with Crippen molar-refractivity contribution in [3.05, 3.63) is 33.8 Å². The Morgan fingerprint density at radius 2 is 1.71 bits per heavy atom. The van der Waals surface area contributed by atoms with Gasteiger partial charge in [0.05, 0.1) is 10.0 Å². The number of carbonyl (C=O) groups is 1. The van der Waals surface area contributed by atoms with Crippen LogP contribution in [0.5, 0.6) is 0 Å². The first-order valence-corrected chi connectivity index (χ1v) is 8.54. The first-order valence-electron chi connectivity index (χ1n) is 7.75. The average molecular weight is 357 g/mol. The molecule has 3 rings (SSSR count). The molecule has 0 bridgehead atoms. The number of carbonyl (C=O) groups excluding carboxylic acids is 1. The first-order chi connectivity index (χ1) is 10.1. The molecule has 4 heteroatoms. The summed E-state index contributed by atoms with van der Waals surface area (Å²) < 4.78 is 27.6. The minimum Gasteiger partial charge on any atom is -0.294 e. The summed E-state index contributed by atoms with van der Waals surface area (Å²) >= 11 is 2.94. The predicted octanol–water partition coefficient (Wildman–Crippen LogP) is 5.52. The molecule has 1 aromatic rings. The van der Waals surface area contributed by atoms with E-state index in [0.717, 1.165) is 37.3 Å². The summed E-state index contributed by atoms with van der Waals surface area (Å²) in [4.78, 5) is 12.5. The summed E-state index contributed by atoms with van der Waals surface area (Å²) in [5.41, 5.74) is -0.0880. The number of benzene rings is 1. The van der Waals surface area contributed by atoms with E-state index in [-0.39, 0.29) is 21.7 Å². The highest BCUT2D eigenvalue weighted by atomic mass is 79.9. The monoisotopic (exact) mass is 356 g/mol. The molecule has 0 radical (unpaired) electrons. The number of Topliss-reactive ketones (excluding diaryl/α,β-unsaturated/α-hetero) is 1. The van der Waals surface area contributed by atoms with Crippen LogP contribution in [0.15, 0.2) is 16.6 Å². The lowest BCUT2D eigenvalue weighted by molar-refractivity contribution is 0.0759. The van der Waals surface area contributed by atoms with Gasteiger partial charge in [0.15, 0.2) is 5.78 Å². The molecule has 21 heavy (non-hydrogen) atoms. The molecular weight excluding hydrogens is 338 g/mol. The fourth-order valence-corrected chi connectivity index (χ4v) is 4.36. The van der Waals surface area contributed by atoms with Gasteiger partial charge in [0.1, 0.15) is 11.6 Å². The summed E-state index contributed by atoms with van der Waals surface area (Å²) in [7, 11) is 0. The molecular formula is C17H19BrF2O. The second-order valence-corrected chi connectivity index (χ2v) is 7.28. The Hall–Kier alpha value is -0.770. The lowest BCUT2D eigenvalue weighted by atomic mass is 9.66. The maximum absolute atomic E-state index is 14.0. The molecule has 1 nitrogen and oxygen atoms in total. The van der Waals surface area contributed by atoms with E-state index in [1.165, 1.54) is 25.7 Å². The Balaban J connectivity index is 1.78. The van der Waals surface area contributed by atoms with Gasteiger partial charge in [-0.2, -0.15) is 0 Å². The van der Waals surface area contributed by atoms with Gasteiger partial charge in [-0.3, -0.25) is 4.79 Å². The minimum absolute atomic E-state index is 0.0625. The Morgan fingerprint density at radius 3 is 2.48 bits per heavy atom. The van der Waals surface area contributed by atoms with Gasteiger partial charge in [-0.1, -0.05) is 25.7 Å². The molecule has 3 atom stereocenters.